The molecular formula is C12H23NO3. The Morgan fingerprint density at radius 2 is 1.75 bits per heavy atom. The van der Waals surface area contributed by atoms with Crippen molar-refractivity contribution in [2.75, 3.05) is 13.1 Å². The van der Waals surface area contributed by atoms with Gasteiger partial charge >= 0.3 is 5.97 Å². The van der Waals surface area contributed by atoms with E-state index in [-0.39, 0.29) is 0 Å². The molecule has 0 aromatic heterocycles. The third kappa shape index (κ3) is 3.46. The molecule has 1 fully saturated rings. The highest BCUT2D eigenvalue weighted by Crippen LogP contribution is 2.30. The fourth-order valence-corrected chi connectivity index (χ4v) is 1.96. The second-order valence-electron chi connectivity index (χ2n) is 5.58. The molecule has 1 saturated heterocycles. The van der Waals surface area contributed by atoms with Crippen molar-refractivity contribution in [1.29, 1.82) is 0 Å². The minimum absolute atomic E-state index is 0.361. The van der Waals surface area contributed by atoms with E-state index in [1.807, 2.05) is 13.8 Å². The fraction of sp³-hybridized carbons (Fsp3) is 0.917. The standard InChI is InChI=1S/C12H23NO3/c1-11(2,15)10(14)16-12(3,4)9-5-7-13-8-6-9/h9,13,15H,5-8H2,1-4H3. The quantitative estimate of drug-likeness (QED) is 0.711. The van der Waals surface area contributed by atoms with E-state index in [0.29, 0.717) is 5.92 Å². The molecule has 0 radical (unpaired) electrons. The molecule has 1 heterocycles. The summed E-state index contributed by atoms with van der Waals surface area (Å²) in [6.45, 7) is 8.68. The molecule has 94 valence electrons. The monoisotopic (exact) mass is 229 g/mol. The van der Waals surface area contributed by atoms with Gasteiger partial charge in [-0.1, -0.05) is 0 Å². The molecule has 0 unspecified atom stereocenters. The molecule has 16 heavy (non-hydrogen) atoms. The molecule has 0 saturated carbocycles. The molecule has 1 aliphatic rings. The van der Waals surface area contributed by atoms with Crippen LogP contribution in [-0.2, 0) is 9.53 Å². The maximum absolute atomic E-state index is 11.6. The number of carbonyl (C=O) groups is 1. The van der Waals surface area contributed by atoms with Gasteiger partial charge in [-0.05, 0) is 53.6 Å². The van der Waals surface area contributed by atoms with Gasteiger partial charge in [-0.2, -0.15) is 0 Å². The van der Waals surface area contributed by atoms with E-state index in [0.717, 1.165) is 25.9 Å². The highest BCUT2D eigenvalue weighted by molar-refractivity contribution is 5.78. The van der Waals surface area contributed by atoms with Crippen molar-refractivity contribution < 1.29 is 14.6 Å². The number of esters is 1. The normalized spacial score (nSPS) is 19.6. The lowest BCUT2D eigenvalue weighted by Crippen LogP contribution is -2.46. The minimum Gasteiger partial charge on any atom is -0.457 e. The van der Waals surface area contributed by atoms with E-state index in [1.54, 1.807) is 0 Å². The van der Waals surface area contributed by atoms with Crippen molar-refractivity contribution >= 4 is 5.97 Å². The second-order valence-corrected chi connectivity index (χ2v) is 5.58. The van der Waals surface area contributed by atoms with Crippen molar-refractivity contribution in [3.05, 3.63) is 0 Å². The van der Waals surface area contributed by atoms with Crippen molar-refractivity contribution in [2.24, 2.45) is 5.92 Å². The Balaban J connectivity index is 2.59. The predicted octanol–water partition coefficient (Wildman–Crippen LogP) is 1.08. The summed E-state index contributed by atoms with van der Waals surface area (Å²) in [4.78, 5) is 11.6. The first kappa shape index (κ1) is 13.5. The molecule has 1 aliphatic heterocycles. The van der Waals surface area contributed by atoms with Crippen LogP contribution in [0.4, 0.5) is 0 Å². The van der Waals surface area contributed by atoms with E-state index in [2.05, 4.69) is 5.32 Å². The molecule has 0 bridgehead atoms. The van der Waals surface area contributed by atoms with Gasteiger partial charge in [-0.3, -0.25) is 0 Å². The van der Waals surface area contributed by atoms with Crippen molar-refractivity contribution in [2.45, 2.75) is 51.7 Å². The van der Waals surface area contributed by atoms with Gasteiger partial charge in [0.15, 0.2) is 5.60 Å². The molecule has 0 amide bonds. The van der Waals surface area contributed by atoms with Gasteiger partial charge in [0.2, 0.25) is 0 Å². The smallest absolute Gasteiger partial charge is 0.338 e. The van der Waals surface area contributed by atoms with Crippen LogP contribution in [0.15, 0.2) is 0 Å². The average molecular weight is 229 g/mol. The summed E-state index contributed by atoms with van der Waals surface area (Å²) in [5.41, 5.74) is -1.91. The summed E-state index contributed by atoms with van der Waals surface area (Å²) in [6, 6.07) is 0. The zero-order valence-corrected chi connectivity index (χ0v) is 10.7. The van der Waals surface area contributed by atoms with E-state index in [9.17, 15) is 9.90 Å². The highest BCUT2D eigenvalue weighted by atomic mass is 16.6. The summed E-state index contributed by atoms with van der Waals surface area (Å²) in [7, 11) is 0. The van der Waals surface area contributed by atoms with Gasteiger partial charge in [-0.15, -0.1) is 0 Å². The Hall–Kier alpha value is -0.610. The average Bonchev–Trinajstić information content (AvgIpc) is 2.17. The van der Waals surface area contributed by atoms with Crippen LogP contribution in [0.25, 0.3) is 0 Å². The molecular weight excluding hydrogens is 206 g/mol. The number of carbonyl (C=O) groups excluding carboxylic acids is 1. The lowest BCUT2D eigenvalue weighted by molar-refractivity contribution is -0.181. The molecule has 0 spiro atoms. The summed E-state index contributed by atoms with van der Waals surface area (Å²) < 4.78 is 5.43. The summed E-state index contributed by atoms with van der Waals surface area (Å²) in [6.07, 6.45) is 2.01. The van der Waals surface area contributed by atoms with E-state index >= 15 is 0 Å². The number of rotatable bonds is 3. The second kappa shape index (κ2) is 4.72. The molecule has 2 N–H and O–H groups in total. The summed E-state index contributed by atoms with van der Waals surface area (Å²) >= 11 is 0. The Labute approximate surface area is 97.4 Å². The van der Waals surface area contributed by atoms with Gasteiger partial charge in [0.05, 0.1) is 0 Å². The Morgan fingerprint density at radius 1 is 1.25 bits per heavy atom. The molecule has 4 nitrogen and oxygen atoms in total. The maximum Gasteiger partial charge on any atom is 0.338 e. The van der Waals surface area contributed by atoms with E-state index < -0.39 is 17.2 Å². The zero-order chi connectivity index (χ0) is 12.4. The molecule has 1 rings (SSSR count). The number of hydrogen-bond acceptors (Lipinski definition) is 4. The first-order valence-corrected chi connectivity index (χ1v) is 5.90. The van der Waals surface area contributed by atoms with Gasteiger partial charge < -0.3 is 15.2 Å². The largest absolute Gasteiger partial charge is 0.457 e. The number of hydrogen-bond donors (Lipinski definition) is 2. The Morgan fingerprint density at radius 3 is 2.19 bits per heavy atom. The van der Waals surface area contributed by atoms with Crippen LogP contribution < -0.4 is 5.32 Å². The molecule has 0 aromatic carbocycles. The summed E-state index contributed by atoms with van der Waals surface area (Å²) in [5.74, 6) is -0.184. The third-order valence-electron chi connectivity index (χ3n) is 3.18. The predicted molar refractivity (Wildman–Crippen MR) is 62.1 cm³/mol. The lowest BCUT2D eigenvalue weighted by Gasteiger charge is -2.38. The molecule has 0 atom stereocenters. The number of aliphatic hydroxyl groups is 1. The first-order chi connectivity index (χ1) is 7.23. The van der Waals surface area contributed by atoms with Gasteiger partial charge in [0.25, 0.3) is 0 Å². The van der Waals surface area contributed by atoms with Crippen LogP contribution in [-0.4, -0.2) is 35.4 Å². The third-order valence-corrected chi connectivity index (χ3v) is 3.18. The topological polar surface area (TPSA) is 58.6 Å². The Kier molecular flexibility index (Phi) is 3.97. The van der Waals surface area contributed by atoms with Crippen LogP contribution in [0.3, 0.4) is 0 Å². The maximum atomic E-state index is 11.6. The number of piperidine rings is 1. The van der Waals surface area contributed by atoms with Crippen LogP contribution >= 0.6 is 0 Å². The molecule has 4 heteroatoms. The lowest BCUT2D eigenvalue weighted by atomic mass is 9.83. The van der Waals surface area contributed by atoms with Crippen molar-refractivity contribution in [3.63, 3.8) is 0 Å². The van der Waals surface area contributed by atoms with Crippen LogP contribution in [0.5, 0.6) is 0 Å². The summed E-state index contributed by atoms with van der Waals surface area (Å²) in [5, 5.41) is 12.8. The minimum atomic E-state index is -1.41. The van der Waals surface area contributed by atoms with Gasteiger partial charge in [-0.25, -0.2) is 4.79 Å². The fourth-order valence-electron chi connectivity index (χ4n) is 1.96. The molecule has 0 aliphatic carbocycles. The van der Waals surface area contributed by atoms with Crippen LogP contribution in [0.1, 0.15) is 40.5 Å². The highest BCUT2D eigenvalue weighted by Gasteiger charge is 2.37. The zero-order valence-electron chi connectivity index (χ0n) is 10.7. The van der Waals surface area contributed by atoms with Gasteiger partial charge in [0.1, 0.15) is 5.60 Å². The van der Waals surface area contributed by atoms with Crippen molar-refractivity contribution in [1.82, 2.24) is 5.32 Å². The van der Waals surface area contributed by atoms with Crippen LogP contribution in [0.2, 0.25) is 0 Å². The Bertz CT molecular complexity index is 249. The first-order valence-electron chi connectivity index (χ1n) is 5.90. The number of nitrogens with one attached hydrogen (secondary N) is 1. The van der Waals surface area contributed by atoms with E-state index in [1.165, 1.54) is 13.8 Å². The number of ether oxygens (including phenoxy) is 1. The van der Waals surface area contributed by atoms with E-state index in [4.69, 9.17) is 4.74 Å². The van der Waals surface area contributed by atoms with Gasteiger partial charge in [0, 0.05) is 5.92 Å². The SMILES string of the molecule is CC(C)(O)C(=O)OC(C)(C)C1CCNCC1. The van der Waals surface area contributed by atoms with Crippen molar-refractivity contribution in [3.8, 4) is 0 Å². The van der Waals surface area contributed by atoms with Crippen LogP contribution in [0, 0.1) is 5.92 Å². The molecule has 0 aromatic rings.